The molecule has 2 aromatic carbocycles. The van der Waals surface area contributed by atoms with Crippen LogP contribution in [0.5, 0.6) is 0 Å². The van der Waals surface area contributed by atoms with Gasteiger partial charge in [-0.3, -0.25) is 4.79 Å². The van der Waals surface area contributed by atoms with E-state index >= 15 is 0 Å². The number of nitrogens with zero attached hydrogens (tertiary/aromatic N) is 1. The molecule has 1 aliphatic rings. The number of benzene rings is 2. The maximum atomic E-state index is 12.7. The molecule has 0 bridgehead atoms. The number of para-hydroxylation sites is 1. The molecular formula is C20H17F3N2O. The molecule has 0 spiro atoms. The first kappa shape index (κ1) is 16.7. The second-order valence-electron chi connectivity index (χ2n) is 6.63. The van der Waals surface area contributed by atoms with E-state index in [0.29, 0.717) is 12.1 Å². The molecule has 1 N–H and O–H groups in total. The van der Waals surface area contributed by atoms with Crippen LogP contribution in [0.15, 0.2) is 54.7 Å². The van der Waals surface area contributed by atoms with Crippen LogP contribution in [0.2, 0.25) is 0 Å². The van der Waals surface area contributed by atoms with Gasteiger partial charge < -0.3 is 9.88 Å². The molecule has 1 amide bonds. The molecule has 6 heteroatoms. The first-order chi connectivity index (χ1) is 12.4. The van der Waals surface area contributed by atoms with Gasteiger partial charge in [0.1, 0.15) is 0 Å². The van der Waals surface area contributed by atoms with Crippen LogP contribution in [0.25, 0.3) is 10.9 Å². The zero-order chi connectivity index (χ0) is 18.3. The Morgan fingerprint density at radius 2 is 1.81 bits per heavy atom. The molecule has 26 heavy (non-hydrogen) atoms. The van der Waals surface area contributed by atoms with Crippen LogP contribution in [0, 0.1) is 0 Å². The van der Waals surface area contributed by atoms with Crippen LogP contribution < -0.4 is 5.32 Å². The maximum Gasteiger partial charge on any atom is 0.416 e. The topological polar surface area (TPSA) is 34.0 Å². The van der Waals surface area contributed by atoms with E-state index in [4.69, 9.17) is 0 Å². The lowest BCUT2D eigenvalue weighted by Crippen LogP contribution is -2.26. The van der Waals surface area contributed by atoms with Crippen molar-refractivity contribution in [3.63, 3.8) is 0 Å². The summed E-state index contributed by atoms with van der Waals surface area (Å²) >= 11 is 0. The van der Waals surface area contributed by atoms with Crippen molar-refractivity contribution in [2.75, 3.05) is 0 Å². The van der Waals surface area contributed by atoms with Gasteiger partial charge in [-0.15, -0.1) is 0 Å². The highest BCUT2D eigenvalue weighted by Gasteiger charge is 2.30. The smallest absolute Gasteiger partial charge is 0.349 e. The summed E-state index contributed by atoms with van der Waals surface area (Å²) in [4.78, 5) is 12.5. The summed E-state index contributed by atoms with van der Waals surface area (Å²) in [5, 5.41) is 3.92. The monoisotopic (exact) mass is 358 g/mol. The molecule has 0 saturated heterocycles. The number of nitrogens with one attached hydrogen (secondary N) is 1. The van der Waals surface area contributed by atoms with Gasteiger partial charge in [0, 0.05) is 24.2 Å². The van der Waals surface area contributed by atoms with Crippen molar-refractivity contribution in [1.29, 1.82) is 0 Å². The molecule has 1 aromatic heterocycles. The van der Waals surface area contributed by atoms with E-state index < -0.39 is 11.7 Å². The molecule has 3 aromatic rings. The maximum absolute atomic E-state index is 12.7. The molecule has 0 aliphatic heterocycles. The number of halogens is 3. The first-order valence-corrected chi connectivity index (χ1v) is 8.47. The Labute approximate surface area is 148 Å². The molecule has 4 rings (SSSR count). The lowest BCUT2D eigenvalue weighted by atomic mass is 10.1. The zero-order valence-corrected chi connectivity index (χ0v) is 13.9. The Hall–Kier alpha value is -2.76. The van der Waals surface area contributed by atoms with Crippen molar-refractivity contribution in [2.45, 2.75) is 31.6 Å². The number of aromatic nitrogens is 1. The van der Waals surface area contributed by atoms with Gasteiger partial charge in [-0.25, -0.2) is 0 Å². The Morgan fingerprint density at radius 1 is 1.08 bits per heavy atom. The SMILES string of the molecule is O=C(NC1CC1)c1cccc2ccn(Cc3ccc(C(F)(F)F)cc3)c12. The summed E-state index contributed by atoms with van der Waals surface area (Å²) in [5.41, 5.74) is 1.47. The highest BCUT2D eigenvalue weighted by Crippen LogP contribution is 2.29. The molecule has 3 nitrogen and oxygen atoms in total. The quantitative estimate of drug-likeness (QED) is 0.727. The van der Waals surface area contributed by atoms with E-state index in [0.717, 1.165) is 41.4 Å². The highest BCUT2D eigenvalue weighted by molar-refractivity contribution is 6.06. The number of rotatable bonds is 4. The van der Waals surface area contributed by atoms with Crippen molar-refractivity contribution in [3.8, 4) is 0 Å². The third kappa shape index (κ3) is 3.31. The van der Waals surface area contributed by atoms with E-state index in [1.807, 2.05) is 29.0 Å². The van der Waals surface area contributed by atoms with Gasteiger partial charge in [0.2, 0.25) is 0 Å². The van der Waals surface area contributed by atoms with E-state index in [1.54, 1.807) is 6.07 Å². The molecule has 1 fully saturated rings. The van der Waals surface area contributed by atoms with Crippen LogP contribution in [0.1, 0.15) is 34.3 Å². The van der Waals surface area contributed by atoms with Crippen molar-refractivity contribution in [2.24, 2.45) is 0 Å². The molecule has 0 atom stereocenters. The van der Waals surface area contributed by atoms with Crippen LogP contribution in [-0.4, -0.2) is 16.5 Å². The van der Waals surface area contributed by atoms with Gasteiger partial charge in [-0.2, -0.15) is 13.2 Å². The summed E-state index contributed by atoms with van der Waals surface area (Å²) in [6, 6.07) is 12.8. The highest BCUT2D eigenvalue weighted by atomic mass is 19.4. The first-order valence-electron chi connectivity index (χ1n) is 8.47. The number of hydrogen-bond acceptors (Lipinski definition) is 1. The number of amides is 1. The normalized spacial score (nSPS) is 14.6. The second kappa shape index (κ2) is 6.20. The average Bonchev–Trinajstić information content (AvgIpc) is 3.33. The zero-order valence-electron chi connectivity index (χ0n) is 13.9. The fraction of sp³-hybridized carbons (Fsp3) is 0.250. The Bertz CT molecular complexity index is 953. The van der Waals surface area contributed by atoms with Gasteiger partial charge in [0.05, 0.1) is 16.6 Å². The standard InChI is InChI=1S/C20H17F3N2O/c21-20(22,23)15-6-4-13(5-7-15)12-25-11-10-14-2-1-3-17(18(14)25)19(26)24-16-8-9-16/h1-7,10-11,16H,8-9,12H2,(H,24,26). The minimum atomic E-state index is -4.34. The fourth-order valence-corrected chi connectivity index (χ4v) is 3.06. The second-order valence-corrected chi connectivity index (χ2v) is 6.63. The molecular weight excluding hydrogens is 341 g/mol. The minimum absolute atomic E-state index is 0.106. The van der Waals surface area contributed by atoms with Gasteiger partial charge in [-0.1, -0.05) is 24.3 Å². The summed E-state index contributed by atoms with van der Waals surface area (Å²) in [7, 11) is 0. The number of alkyl halides is 3. The lowest BCUT2D eigenvalue weighted by molar-refractivity contribution is -0.137. The van der Waals surface area contributed by atoms with E-state index in [-0.39, 0.29) is 11.9 Å². The summed E-state index contributed by atoms with van der Waals surface area (Å²) in [6.45, 7) is 0.398. The lowest BCUT2D eigenvalue weighted by Gasteiger charge is -2.11. The van der Waals surface area contributed by atoms with E-state index in [1.165, 1.54) is 12.1 Å². The average molecular weight is 358 g/mol. The number of fused-ring (bicyclic) bond motifs is 1. The van der Waals surface area contributed by atoms with Crippen molar-refractivity contribution < 1.29 is 18.0 Å². The van der Waals surface area contributed by atoms with Crippen molar-refractivity contribution in [3.05, 3.63) is 71.4 Å². The fourth-order valence-electron chi connectivity index (χ4n) is 3.06. The van der Waals surface area contributed by atoms with Crippen LogP contribution in [0.3, 0.4) is 0 Å². The predicted molar refractivity (Wildman–Crippen MR) is 93.0 cm³/mol. The molecule has 1 aliphatic carbocycles. The molecule has 1 saturated carbocycles. The third-order valence-corrected chi connectivity index (χ3v) is 4.58. The summed E-state index contributed by atoms with van der Waals surface area (Å²) in [6.07, 6.45) is -0.467. The Balaban J connectivity index is 1.65. The molecule has 0 radical (unpaired) electrons. The van der Waals surface area contributed by atoms with E-state index in [2.05, 4.69) is 5.32 Å². The van der Waals surface area contributed by atoms with Crippen LogP contribution in [0.4, 0.5) is 13.2 Å². The van der Waals surface area contributed by atoms with Gasteiger partial charge in [0.25, 0.3) is 5.91 Å². The molecule has 1 heterocycles. The van der Waals surface area contributed by atoms with Gasteiger partial charge in [-0.05, 0) is 42.7 Å². The number of hydrogen-bond donors (Lipinski definition) is 1. The number of carbonyl (C=O) groups is 1. The van der Waals surface area contributed by atoms with Gasteiger partial charge >= 0.3 is 6.18 Å². The Morgan fingerprint density at radius 3 is 2.46 bits per heavy atom. The van der Waals surface area contributed by atoms with Crippen LogP contribution >= 0.6 is 0 Å². The largest absolute Gasteiger partial charge is 0.416 e. The summed E-state index contributed by atoms with van der Waals surface area (Å²) in [5.74, 6) is -0.106. The summed E-state index contributed by atoms with van der Waals surface area (Å²) < 4.78 is 40.0. The van der Waals surface area contributed by atoms with E-state index in [9.17, 15) is 18.0 Å². The predicted octanol–water partition coefficient (Wildman–Crippen LogP) is 4.60. The van der Waals surface area contributed by atoms with Crippen molar-refractivity contribution in [1.82, 2.24) is 9.88 Å². The number of carbonyl (C=O) groups excluding carboxylic acids is 1. The van der Waals surface area contributed by atoms with Gasteiger partial charge in [0.15, 0.2) is 0 Å². The molecule has 134 valence electrons. The minimum Gasteiger partial charge on any atom is -0.349 e. The van der Waals surface area contributed by atoms with Crippen LogP contribution in [-0.2, 0) is 12.7 Å². The molecule has 0 unspecified atom stereocenters. The Kier molecular flexibility index (Phi) is 3.98. The van der Waals surface area contributed by atoms with Crippen molar-refractivity contribution >= 4 is 16.8 Å². The third-order valence-electron chi connectivity index (χ3n) is 4.58.